The van der Waals surface area contributed by atoms with Gasteiger partial charge < -0.3 is 4.52 Å². The van der Waals surface area contributed by atoms with Crippen LogP contribution >= 0.6 is 31.0 Å². The molecule has 0 amide bonds. The van der Waals surface area contributed by atoms with Gasteiger partial charge in [-0.2, -0.15) is 0 Å². The molecule has 0 aliphatic heterocycles. The highest BCUT2D eigenvalue weighted by atomic mass is 35.5. The van der Waals surface area contributed by atoms with Crippen molar-refractivity contribution in [2.45, 2.75) is 0 Å². The summed E-state index contributed by atoms with van der Waals surface area (Å²) in [5.74, 6) is 0. The van der Waals surface area contributed by atoms with Gasteiger partial charge in [-0.05, 0) is 0 Å². The third kappa shape index (κ3) is 5.09. The first kappa shape index (κ1) is 10.3. The van der Waals surface area contributed by atoms with Crippen molar-refractivity contribution in [1.29, 1.82) is 0 Å². The highest BCUT2D eigenvalue weighted by Gasteiger charge is 2.17. The van der Waals surface area contributed by atoms with Gasteiger partial charge in [0.25, 0.3) is 0 Å². The van der Waals surface area contributed by atoms with Gasteiger partial charge in [0.05, 0.1) is 0 Å². The first-order valence-electron chi connectivity index (χ1n) is 2.06. The molecule has 60 valence electrons. The van der Waals surface area contributed by atoms with E-state index in [4.69, 9.17) is 28.1 Å². The maximum absolute atomic E-state index is 10.4. The highest BCUT2D eigenvalue weighted by molar-refractivity contribution is 7.47. The molecule has 0 aromatic rings. The molecular formula is C3H5Cl2O4P. The molecule has 10 heavy (non-hydrogen) atoms. The number of hydrogen-bond donors (Lipinski definition) is 1. The minimum absolute atomic E-state index is 0.258. The van der Waals surface area contributed by atoms with E-state index < -0.39 is 7.82 Å². The van der Waals surface area contributed by atoms with E-state index in [1.807, 2.05) is 0 Å². The van der Waals surface area contributed by atoms with E-state index in [1.54, 1.807) is 0 Å². The summed E-state index contributed by atoms with van der Waals surface area (Å²) in [6.45, 7) is 0. The Hall–Kier alpha value is 0.270. The maximum atomic E-state index is 10.4. The molecule has 0 saturated carbocycles. The highest BCUT2D eigenvalue weighted by Crippen LogP contribution is 2.42. The van der Waals surface area contributed by atoms with Crippen LogP contribution in [0, 0.1) is 0 Å². The minimum Gasteiger partial charge on any atom is -0.410 e. The monoisotopic (exact) mass is 206 g/mol. The Kier molecular flexibility index (Phi) is 4.32. The second kappa shape index (κ2) is 4.21. The molecule has 0 rings (SSSR count). The van der Waals surface area contributed by atoms with E-state index in [0.717, 1.165) is 7.11 Å². The summed E-state index contributed by atoms with van der Waals surface area (Å²) in [5, 5.41) is 0. The first-order valence-corrected chi connectivity index (χ1v) is 4.31. The van der Waals surface area contributed by atoms with Crippen LogP contribution in [0.25, 0.3) is 0 Å². The van der Waals surface area contributed by atoms with Crippen molar-refractivity contribution in [3.63, 3.8) is 0 Å². The topological polar surface area (TPSA) is 55.8 Å². The van der Waals surface area contributed by atoms with Gasteiger partial charge in [-0.3, -0.25) is 9.42 Å². The molecule has 0 spiro atoms. The van der Waals surface area contributed by atoms with Crippen LogP contribution in [-0.4, -0.2) is 12.0 Å². The Labute approximate surface area is 68.0 Å². The van der Waals surface area contributed by atoms with Gasteiger partial charge in [-0.15, -0.1) is 0 Å². The summed E-state index contributed by atoms with van der Waals surface area (Å²) in [6, 6.07) is 0. The largest absolute Gasteiger partial charge is 0.526 e. The zero-order chi connectivity index (χ0) is 8.20. The summed E-state index contributed by atoms with van der Waals surface area (Å²) >= 11 is 10.1. The number of phosphoric ester groups is 1. The average Bonchev–Trinajstić information content (AvgIpc) is 1.85. The van der Waals surface area contributed by atoms with Gasteiger partial charge in [0.2, 0.25) is 0 Å². The molecule has 0 aromatic carbocycles. The van der Waals surface area contributed by atoms with Crippen LogP contribution in [0.1, 0.15) is 0 Å². The number of rotatable bonds is 3. The van der Waals surface area contributed by atoms with Crippen molar-refractivity contribution >= 4 is 31.0 Å². The van der Waals surface area contributed by atoms with Crippen LogP contribution in [0.15, 0.2) is 10.8 Å². The van der Waals surface area contributed by atoms with Crippen molar-refractivity contribution in [3.05, 3.63) is 10.8 Å². The lowest BCUT2D eigenvalue weighted by molar-refractivity contribution is 0.223. The molecule has 0 saturated heterocycles. The average molecular weight is 207 g/mol. The molecule has 1 atom stereocenters. The molecule has 0 radical (unpaired) electrons. The summed E-state index contributed by atoms with van der Waals surface area (Å²) in [7, 11) is -2.95. The number of hydrogen-bond acceptors (Lipinski definition) is 3. The summed E-state index contributed by atoms with van der Waals surface area (Å²) in [4.78, 5) is 8.52. The summed E-state index contributed by atoms with van der Waals surface area (Å²) < 4.78 is 18.3. The smallest absolute Gasteiger partial charge is 0.410 e. The Bertz CT molecular complexity index is 175. The Balaban J connectivity index is 3.92. The lowest BCUT2D eigenvalue weighted by atomic mass is 11.2. The van der Waals surface area contributed by atoms with Crippen LogP contribution in [-0.2, 0) is 13.6 Å². The van der Waals surface area contributed by atoms with Crippen LogP contribution in [0.2, 0.25) is 0 Å². The SMILES string of the molecule is COP(=O)(O)OC=C(Cl)Cl. The molecule has 0 fully saturated rings. The molecule has 1 N–H and O–H groups in total. The molecular weight excluding hydrogens is 202 g/mol. The van der Waals surface area contributed by atoms with Gasteiger partial charge in [0.15, 0.2) is 0 Å². The zero-order valence-electron chi connectivity index (χ0n) is 4.95. The van der Waals surface area contributed by atoms with E-state index in [-0.39, 0.29) is 4.49 Å². The van der Waals surface area contributed by atoms with E-state index in [0.29, 0.717) is 6.26 Å². The minimum atomic E-state index is -3.97. The van der Waals surface area contributed by atoms with E-state index in [1.165, 1.54) is 0 Å². The van der Waals surface area contributed by atoms with Crippen LogP contribution < -0.4 is 0 Å². The second-order valence-corrected chi connectivity index (χ2v) is 3.68. The van der Waals surface area contributed by atoms with Crippen molar-refractivity contribution < 1.29 is 18.5 Å². The summed E-state index contributed by atoms with van der Waals surface area (Å²) in [5.41, 5.74) is 0. The van der Waals surface area contributed by atoms with Gasteiger partial charge in [-0.1, -0.05) is 23.2 Å². The first-order chi connectivity index (χ1) is 4.48. The predicted molar refractivity (Wildman–Crippen MR) is 37.7 cm³/mol. The van der Waals surface area contributed by atoms with Gasteiger partial charge in [-0.25, -0.2) is 4.57 Å². The number of phosphoric acid groups is 1. The third-order valence-corrected chi connectivity index (χ3v) is 1.52. The quantitative estimate of drug-likeness (QED) is 0.568. The molecule has 1 unspecified atom stereocenters. The fourth-order valence-electron chi connectivity index (χ4n) is 0.149. The fraction of sp³-hybridized carbons (Fsp3) is 0.333. The fourth-order valence-corrected chi connectivity index (χ4v) is 0.687. The van der Waals surface area contributed by atoms with Gasteiger partial charge in [0.1, 0.15) is 10.8 Å². The third-order valence-electron chi connectivity index (χ3n) is 0.506. The lowest BCUT2D eigenvalue weighted by Crippen LogP contribution is -1.83. The molecule has 4 nitrogen and oxygen atoms in total. The van der Waals surface area contributed by atoms with Crippen molar-refractivity contribution in [3.8, 4) is 0 Å². The van der Waals surface area contributed by atoms with Crippen molar-refractivity contribution in [2.24, 2.45) is 0 Å². The standard InChI is InChI=1S/C3H5Cl2O4P/c1-8-10(6,7)9-2-3(4)5/h2H,1H3,(H,6,7). The summed E-state index contributed by atoms with van der Waals surface area (Å²) in [6.07, 6.45) is 0.716. The van der Waals surface area contributed by atoms with Crippen LogP contribution in [0.3, 0.4) is 0 Å². The molecule has 0 heterocycles. The van der Waals surface area contributed by atoms with Crippen molar-refractivity contribution in [2.75, 3.05) is 7.11 Å². The predicted octanol–water partition coefficient (Wildman–Crippen LogP) is 2.03. The Morgan fingerprint density at radius 3 is 2.50 bits per heavy atom. The van der Waals surface area contributed by atoms with Gasteiger partial charge in [0, 0.05) is 7.11 Å². The lowest BCUT2D eigenvalue weighted by Gasteiger charge is -2.04. The normalized spacial score (nSPS) is 15.6. The molecule has 0 aliphatic rings. The molecule has 0 aliphatic carbocycles. The van der Waals surface area contributed by atoms with E-state index >= 15 is 0 Å². The van der Waals surface area contributed by atoms with Crippen LogP contribution in [0.4, 0.5) is 0 Å². The van der Waals surface area contributed by atoms with Crippen molar-refractivity contribution in [1.82, 2.24) is 0 Å². The van der Waals surface area contributed by atoms with Crippen LogP contribution in [0.5, 0.6) is 0 Å². The Morgan fingerprint density at radius 2 is 2.20 bits per heavy atom. The molecule has 0 bridgehead atoms. The Morgan fingerprint density at radius 1 is 1.70 bits per heavy atom. The number of halogens is 2. The molecule has 7 heteroatoms. The maximum Gasteiger partial charge on any atom is 0.526 e. The molecule has 0 aromatic heterocycles. The van der Waals surface area contributed by atoms with E-state index in [9.17, 15) is 4.57 Å². The van der Waals surface area contributed by atoms with E-state index in [2.05, 4.69) is 9.05 Å². The zero-order valence-corrected chi connectivity index (χ0v) is 7.36. The second-order valence-electron chi connectivity index (χ2n) is 1.16. The van der Waals surface area contributed by atoms with Gasteiger partial charge >= 0.3 is 7.82 Å².